The molecule has 0 atom stereocenters. The molecule has 1 amide bonds. The number of anilines is 2. The topological polar surface area (TPSA) is 66.5 Å². The third kappa shape index (κ3) is 5.75. The van der Waals surface area contributed by atoms with Gasteiger partial charge in [-0.2, -0.15) is 13.2 Å². The van der Waals surface area contributed by atoms with E-state index >= 15 is 0 Å². The van der Waals surface area contributed by atoms with Crippen LogP contribution in [0.15, 0.2) is 42.5 Å². The molecule has 2 rings (SSSR count). The fourth-order valence-electron chi connectivity index (χ4n) is 2.14. The number of alkyl halides is 3. The Kier molecular flexibility index (Phi) is 6.28. The summed E-state index contributed by atoms with van der Waals surface area (Å²) in [5.41, 5.74) is -0.735. The van der Waals surface area contributed by atoms with Gasteiger partial charge >= 0.3 is 6.18 Å². The van der Waals surface area contributed by atoms with E-state index in [0.29, 0.717) is 0 Å². The average Bonchev–Trinajstić information content (AvgIpc) is 2.52. The number of nitrogens with zero attached hydrogens (tertiary/aromatic N) is 1. The lowest BCUT2D eigenvalue weighted by Crippen LogP contribution is -2.37. The van der Waals surface area contributed by atoms with Crippen molar-refractivity contribution in [1.29, 1.82) is 0 Å². The molecule has 0 saturated carbocycles. The Hall–Kier alpha value is -1.97. The van der Waals surface area contributed by atoms with Crippen molar-refractivity contribution >= 4 is 50.5 Å². The molecule has 0 heterocycles. The van der Waals surface area contributed by atoms with Gasteiger partial charge in [0.05, 0.1) is 22.5 Å². The lowest BCUT2D eigenvalue weighted by molar-refractivity contribution is -0.137. The van der Waals surface area contributed by atoms with Crippen LogP contribution in [0.5, 0.6) is 0 Å². The molecule has 0 bridgehead atoms. The summed E-state index contributed by atoms with van der Waals surface area (Å²) in [6.45, 7) is -0.624. The molecule has 5 nitrogen and oxygen atoms in total. The van der Waals surface area contributed by atoms with Crippen LogP contribution in [0.4, 0.5) is 24.5 Å². The molecule has 0 saturated heterocycles. The fourth-order valence-corrected chi connectivity index (χ4v) is 3.57. The van der Waals surface area contributed by atoms with Crippen LogP contribution in [0.25, 0.3) is 0 Å². The van der Waals surface area contributed by atoms with Gasteiger partial charge in [0, 0.05) is 10.7 Å². The molecule has 1 N–H and O–H groups in total. The predicted molar refractivity (Wildman–Crippen MR) is 98.7 cm³/mol. The van der Waals surface area contributed by atoms with Gasteiger partial charge in [-0.1, -0.05) is 23.2 Å². The van der Waals surface area contributed by atoms with Crippen LogP contribution < -0.4 is 9.62 Å². The van der Waals surface area contributed by atoms with Crippen molar-refractivity contribution in [2.24, 2.45) is 0 Å². The van der Waals surface area contributed by atoms with Gasteiger partial charge < -0.3 is 5.32 Å². The van der Waals surface area contributed by atoms with Crippen LogP contribution in [0.2, 0.25) is 10.0 Å². The Morgan fingerprint density at radius 2 is 1.70 bits per heavy atom. The number of benzene rings is 2. The number of hydrogen-bond donors (Lipinski definition) is 1. The summed E-state index contributed by atoms with van der Waals surface area (Å²) in [7, 11) is -3.87. The highest BCUT2D eigenvalue weighted by atomic mass is 35.5. The lowest BCUT2D eigenvalue weighted by Gasteiger charge is -2.23. The second kappa shape index (κ2) is 7.95. The van der Waals surface area contributed by atoms with E-state index in [4.69, 9.17) is 23.2 Å². The predicted octanol–water partition coefficient (Wildman–Crippen LogP) is 4.42. The number of halogens is 5. The summed E-state index contributed by atoms with van der Waals surface area (Å²) in [6, 6.07) is 7.83. The van der Waals surface area contributed by atoms with Crippen LogP contribution in [0.1, 0.15) is 5.56 Å². The summed E-state index contributed by atoms with van der Waals surface area (Å²) >= 11 is 11.8. The van der Waals surface area contributed by atoms with Crippen molar-refractivity contribution in [3.8, 4) is 0 Å². The largest absolute Gasteiger partial charge is 0.416 e. The number of carbonyl (C=O) groups excluding carboxylic acids is 1. The SMILES string of the molecule is CS(=O)(=O)N(CC(=O)Nc1ccc(C(F)(F)F)cc1)c1ccc(Cl)cc1Cl. The second-order valence-corrected chi connectivity index (χ2v) is 8.24. The van der Waals surface area contributed by atoms with Crippen molar-refractivity contribution < 1.29 is 26.4 Å². The maximum absolute atomic E-state index is 12.6. The van der Waals surface area contributed by atoms with Gasteiger partial charge in [0.25, 0.3) is 0 Å². The normalized spacial score (nSPS) is 11.9. The average molecular weight is 441 g/mol. The number of carbonyl (C=O) groups is 1. The Labute approximate surface area is 163 Å². The molecule has 0 fully saturated rings. The van der Waals surface area contributed by atoms with E-state index in [9.17, 15) is 26.4 Å². The van der Waals surface area contributed by atoms with E-state index in [2.05, 4.69) is 5.32 Å². The Balaban J connectivity index is 2.20. The maximum atomic E-state index is 12.6. The van der Waals surface area contributed by atoms with Crippen molar-refractivity contribution in [3.63, 3.8) is 0 Å². The molecule has 146 valence electrons. The minimum atomic E-state index is -4.50. The minimum absolute atomic E-state index is 0.0234. The highest BCUT2D eigenvalue weighted by Gasteiger charge is 2.30. The van der Waals surface area contributed by atoms with Gasteiger partial charge in [0.15, 0.2) is 0 Å². The summed E-state index contributed by atoms with van der Waals surface area (Å²) in [4.78, 5) is 12.2. The van der Waals surface area contributed by atoms with Crippen LogP contribution in [0.3, 0.4) is 0 Å². The van der Waals surface area contributed by atoms with E-state index < -0.39 is 34.2 Å². The van der Waals surface area contributed by atoms with Crippen LogP contribution >= 0.6 is 23.2 Å². The smallest absolute Gasteiger partial charge is 0.325 e. The highest BCUT2D eigenvalue weighted by Crippen LogP contribution is 2.31. The van der Waals surface area contributed by atoms with Gasteiger partial charge in [-0.15, -0.1) is 0 Å². The van der Waals surface area contributed by atoms with Crippen LogP contribution in [-0.2, 0) is 21.0 Å². The molecule has 0 aliphatic heterocycles. The number of nitrogens with one attached hydrogen (secondary N) is 1. The number of amides is 1. The second-order valence-electron chi connectivity index (χ2n) is 5.49. The number of hydrogen-bond acceptors (Lipinski definition) is 3. The lowest BCUT2D eigenvalue weighted by atomic mass is 10.2. The van der Waals surface area contributed by atoms with Crippen molar-refractivity contribution in [1.82, 2.24) is 0 Å². The summed E-state index contributed by atoms with van der Waals surface area (Å²) in [5, 5.41) is 2.65. The summed E-state index contributed by atoms with van der Waals surface area (Å²) < 4.78 is 62.5. The van der Waals surface area contributed by atoms with Crippen molar-refractivity contribution in [2.75, 3.05) is 22.4 Å². The fraction of sp³-hybridized carbons (Fsp3) is 0.188. The molecule has 0 aliphatic rings. The molecule has 2 aromatic rings. The van der Waals surface area contributed by atoms with Crippen molar-refractivity contribution in [3.05, 3.63) is 58.1 Å². The monoisotopic (exact) mass is 440 g/mol. The van der Waals surface area contributed by atoms with E-state index in [1.165, 1.54) is 18.2 Å². The van der Waals surface area contributed by atoms with Gasteiger partial charge in [0.2, 0.25) is 15.9 Å². The first-order chi connectivity index (χ1) is 12.4. The van der Waals surface area contributed by atoms with E-state index in [1.54, 1.807) is 0 Å². The molecule has 0 spiro atoms. The first kappa shape index (κ1) is 21.3. The maximum Gasteiger partial charge on any atom is 0.416 e. The summed E-state index contributed by atoms with van der Waals surface area (Å²) in [6.07, 6.45) is -3.61. The Morgan fingerprint density at radius 1 is 1.11 bits per heavy atom. The molecular weight excluding hydrogens is 428 g/mol. The zero-order valence-corrected chi connectivity index (χ0v) is 16.0. The Morgan fingerprint density at radius 3 is 2.19 bits per heavy atom. The van der Waals surface area contributed by atoms with E-state index in [1.807, 2.05) is 0 Å². The molecule has 0 radical (unpaired) electrons. The van der Waals surface area contributed by atoms with Crippen LogP contribution in [0, 0.1) is 0 Å². The minimum Gasteiger partial charge on any atom is -0.325 e. The number of sulfonamides is 1. The summed E-state index contributed by atoms with van der Waals surface area (Å²) in [5.74, 6) is -0.758. The molecule has 0 aliphatic carbocycles. The zero-order valence-electron chi connectivity index (χ0n) is 13.7. The third-order valence-electron chi connectivity index (χ3n) is 3.36. The molecular formula is C16H13Cl2F3N2O3S. The first-order valence-corrected chi connectivity index (χ1v) is 9.88. The standard InChI is InChI=1S/C16H13Cl2F3N2O3S/c1-27(25,26)23(14-7-4-11(17)8-13(14)18)9-15(24)22-12-5-2-10(3-6-12)16(19,20)21/h2-8H,9H2,1H3,(H,22,24). The molecule has 11 heteroatoms. The number of rotatable bonds is 5. The zero-order chi connectivity index (χ0) is 20.4. The van der Waals surface area contributed by atoms with Gasteiger partial charge in [-0.3, -0.25) is 9.10 Å². The highest BCUT2D eigenvalue weighted by molar-refractivity contribution is 7.92. The Bertz CT molecular complexity index is 948. The molecule has 0 aromatic heterocycles. The van der Waals surface area contributed by atoms with Gasteiger partial charge in [-0.05, 0) is 42.5 Å². The van der Waals surface area contributed by atoms with E-state index in [0.717, 1.165) is 34.8 Å². The molecule has 0 unspecified atom stereocenters. The van der Waals surface area contributed by atoms with Crippen LogP contribution in [-0.4, -0.2) is 27.1 Å². The van der Waals surface area contributed by atoms with E-state index in [-0.39, 0.29) is 21.4 Å². The van der Waals surface area contributed by atoms with Crippen molar-refractivity contribution in [2.45, 2.75) is 6.18 Å². The third-order valence-corrected chi connectivity index (χ3v) is 5.03. The van der Waals surface area contributed by atoms with Gasteiger partial charge in [0.1, 0.15) is 6.54 Å². The first-order valence-electron chi connectivity index (χ1n) is 7.28. The van der Waals surface area contributed by atoms with Gasteiger partial charge in [-0.25, -0.2) is 8.42 Å². The quantitative estimate of drug-likeness (QED) is 0.748. The molecule has 2 aromatic carbocycles. The molecule has 27 heavy (non-hydrogen) atoms.